The molecule has 1 N–H and O–H groups in total. The van der Waals surface area contributed by atoms with Crippen molar-refractivity contribution in [2.24, 2.45) is 0 Å². The molecule has 0 atom stereocenters. The minimum absolute atomic E-state index is 0.281. The molecule has 0 unspecified atom stereocenters. The number of tetrazole rings is 1. The smallest absolute Gasteiger partial charge is 0.177 e. The fourth-order valence-corrected chi connectivity index (χ4v) is 1.28. The van der Waals surface area contributed by atoms with Gasteiger partial charge in [0, 0.05) is 13.1 Å². The Morgan fingerprint density at radius 3 is 2.93 bits per heavy atom. The number of aromatic nitrogens is 4. The molecule has 0 radical (unpaired) electrons. The second-order valence-electron chi connectivity index (χ2n) is 3.72. The summed E-state index contributed by atoms with van der Waals surface area (Å²) in [5, 5.41) is 14.6. The van der Waals surface area contributed by atoms with Crippen LogP contribution >= 0.6 is 0 Å². The van der Waals surface area contributed by atoms with Crippen LogP contribution in [-0.2, 0) is 11.3 Å². The molecule has 1 aliphatic rings. The third-order valence-corrected chi connectivity index (χ3v) is 2.24. The SMILES string of the molecule is CC(C)n1nnnc1COC1CNC1. The van der Waals surface area contributed by atoms with E-state index in [-0.39, 0.29) is 6.04 Å². The fraction of sp³-hybridized carbons (Fsp3) is 0.875. The minimum atomic E-state index is 0.281. The molecular weight excluding hydrogens is 182 g/mol. The van der Waals surface area contributed by atoms with Crippen LogP contribution in [0.4, 0.5) is 0 Å². The Labute approximate surface area is 82.6 Å². The van der Waals surface area contributed by atoms with Crippen molar-refractivity contribution in [1.82, 2.24) is 25.5 Å². The molecule has 2 rings (SSSR count). The molecule has 78 valence electrons. The lowest BCUT2D eigenvalue weighted by atomic mass is 10.2. The maximum absolute atomic E-state index is 5.59. The van der Waals surface area contributed by atoms with Crippen molar-refractivity contribution in [2.75, 3.05) is 13.1 Å². The van der Waals surface area contributed by atoms with Gasteiger partial charge in [0.05, 0.1) is 12.1 Å². The van der Waals surface area contributed by atoms with Crippen LogP contribution in [0.25, 0.3) is 0 Å². The highest BCUT2D eigenvalue weighted by atomic mass is 16.5. The van der Waals surface area contributed by atoms with E-state index in [9.17, 15) is 0 Å². The van der Waals surface area contributed by atoms with Crippen LogP contribution in [0.2, 0.25) is 0 Å². The van der Waals surface area contributed by atoms with E-state index in [4.69, 9.17) is 4.74 Å². The molecule has 2 heterocycles. The van der Waals surface area contributed by atoms with Crippen LogP contribution in [0.5, 0.6) is 0 Å². The number of hydrogen-bond acceptors (Lipinski definition) is 5. The summed E-state index contributed by atoms with van der Waals surface area (Å²) in [6.07, 6.45) is 0.326. The lowest BCUT2D eigenvalue weighted by molar-refractivity contribution is 0.00237. The number of nitrogens with zero attached hydrogens (tertiary/aromatic N) is 4. The average molecular weight is 197 g/mol. The molecule has 0 bridgehead atoms. The topological polar surface area (TPSA) is 64.9 Å². The predicted octanol–water partition coefficient (Wildman–Crippen LogP) is -0.258. The molecule has 1 aromatic heterocycles. The standard InChI is InChI=1S/C8H15N5O/c1-6(2)13-8(10-11-12-13)5-14-7-3-9-4-7/h6-7,9H,3-5H2,1-2H3. The summed E-state index contributed by atoms with van der Waals surface area (Å²) in [7, 11) is 0. The van der Waals surface area contributed by atoms with Crippen molar-refractivity contribution >= 4 is 0 Å². The van der Waals surface area contributed by atoms with Crippen LogP contribution in [0, 0.1) is 0 Å². The largest absolute Gasteiger partial charge is 0.368 e. The molecule has 0 amide bonds. The lowest BCUT2D eigenvalue weighted by Gasteiger charge is -2.26. The normalized spacial score (nSPS) is 17.4. The average Bonchev–Trinajstić information content (AvgIpc) is 2.49. The van der Waals surface area contributed by atoms with Gasteiger partial charge in [0.25, 0.3) is 0 Å². The van der Waals surface area contributed by atoms with Crippen molar-refractivity contribution in [2.45, 2.75) is 32.6 Å². The molecular formula is C8H15N5O. The van der Waals surface area contributed by atoms with E-state index in [2.05, 4.69) is 20.8 Å². The summed E-state index contributed by atoms with van der Waals surface area (Å²) >= 11 is 0. The van der Waals surface area contributed by atoms with Crippen LogP contribution in [0.15, 0.2) is 0 Å². The molecule has 1 aliphatic heterocycles. The second-order valence-corrected chi connectivity index (χ2v) is 3.72. The number of nitrogens with one attached hydrogen (secondary N) is 1. The first-order chi connectivity index (χ1) is 6.77. The van der Waals surface area contributed by atoms with Crippen molar-refractivity contribution in [3.05, 3.63) is 5.82 Å². The monoisotopic (exact) mass is 197 g/mol. The van der Waals surface area contributed by atoms with Gasteiger partial charge in [0.15, 0.2) is 5.82 Å². The molecule has 1 fully saturated rings. The van der Waals surface area contributed by atoms with Gasteiger partial charge in [-0.2, -0.15) is 0 Å². The summed E-state index contributed by atoms with van der Waals surface area (Å²) in [6, 6.07) is 0.281. The van der Waals surface area contributed by atoms with Crippen LogP contribution < -0.4 is 5.32 Å². The van der Waals surface area contributed by atoms with E-state index in [1.54, 1.807) is 4.68 Å². The van der Waals surface area contributed by atoms with E-state index in [0.29, 0.717) is 12.7 Å². The number of rotatable bonds is 4. The Morgan fingerprint density at radius 1 is 1.57 bits per heavy atom. The summed E-state index contributed by atoms with van der Waals surface area (Å²) in [5.74, 6) is 0.798. The predicted molar refractivity (Wildman–Crippen MR) is 49.6 cm³/mol. The van der Waals surface area contributed by atoms with E-state index in [1.165, 1.54) is 0 Å². The fourth-order valence-electron chi connectivity index (χ4n) is 1.28. The van der Waals surface area contributed by atoms with Crippen molar-refractivity contribution in [3.8, 4) is 0 Å². The molecule has 1 saturated heterocycles. The molecule has 1 aromatic rings. The zero-order chi connectivity index (χ0) is 9.97. The number of hydrogen-bond donors (Lipinski definition) is 1. The molecule has 0 spiro atoms. The Balaban J connectivity index is 1.90. The maximum atomic E-state index is 5.59. The first-order valence-corrected chi connectivity index (χ1v) is 4.86. The summed E-state index contributed by atoms with van der Waals surface area (Å²) in [6.45, 7) is 6.46. The summed E-state index contributed by atoms with van der Waals surface area (Å²) < 4.78 is 7.37. The highest BCUT2D eigenvalue weighted by Crippen LogP contribution is 2.07. The zero-order valence-corrected chi connectivity index (χ0v) is 8.47. The third-order valence-electron chi connectivity index (χ3n) is 2.24. The molecule has 0 aromatic carbocycles. The maximum Gasteiger partial charge on any atom is 0.177 e. The van der Waals surface area contributed by atoms with Gasteiger partial charge in [0.2, 0.25) is 0 Å². The summed E-state index contributed by atoms with van der Waals surface area (Å²) in [5.41, 5.74) is 0. The molecule has 6 heteroatoms. The van der Waals surface area contributed by atoms with E-state index in [1.807, 2.05) is 13.8 Å². The molecule has 6 nitrogen and oxygen atoms in total. The first-order valence-electron chi connectivity index (χ1n) is 4.86. The quantitative estimate of drug-likeness (QED) is 0.720. The molecule has 14 heavy (non-hydrogen) atoms. The van der Waals surface area contributed by atoms with Crippen LogP contribution in [0.1, 0.15) is 25.7 Å². The van der Waals surface area contributed by atoms with Gasteiger partial charge < -0.3 is 10.1 Å². The molecule has 0 saturated carbocycles. The van der Waals surface area contributed by atoms with Gasteiger partial charge in [-0.1, -0.05) is 0 Å². The van der Waals surface area contributed by atoms with E-state index in [0.717, 1.165) is 18.9 Å². The van der Waals surface area contributed by atoms with Crippen LogP contribution in [-0.4, -0.2) is 39.4 Å². The Kier molecular flexibility index (Phi) is 2.74. The van der Waals surface area contributed by atoms with Gasteiger partial charge in [-0.05, 0) is 24.3 Å². The van der Waals surface area contributed by atoms with Crippen molar-refractivity contribution < 1.29 is 4.74 Å². The van der Waals surface area contributed by atoms with Crippen molar-refractivity contribution in [1.29, 1.82) is 0 Å². The zero-order valence-electron chi connectivity index (χ0n) is 8.47. The second kappa shape index (κ2) is 4.02. The van der Waals surface area contributed by atoms with Gasteiger partial charge in [-0.25, -0.2) is 4.68 Å². The van der Waals surface area contributed by atoms with Gasteiger partial charge in [0.1, 0.15) is 6.61 Å². The Morgan fingerprint density at radius 2 is 2.36 bits per heavy atom. The molecule has 0 aliphatic carbocycles. The summed E-state index contributed by atoms with van der Waals surface area (Å²) in [4.78, 5) is 0. The van der Waals surface area contributed by atoms with Crippen LogP contribution in [0.3, 0.4) is 0 Å². The Hall–Kier alpha value is -1.01. The van der Waals surface area contributed by atoms with Crippen molar-refractivity contribution in [3.63, 3.8) is 0 Å². The number of ether oxygens (including phenoxy) is 1. The van der Waals surface area contributed by atoms with Gasteiger partial charge >= 0.3 is 0 Å². The third kappa shape index (κ3) is 1.91. The highest BCUT2D eigenvalue weighted by molar-refractivity contribution is 4.82. The minimum Gasteiger partial charge on any atom is -0.368 e. The van der Waals surface area contributed by atoms with Gasteiger partial charge in [-0.3, -0.25) is 0 Å². The van der Waals surface area contributed by atoms with Gasteiger partial charge in [-0.15, -0.1) is 5.10 Å². The van der Waals surface area contributed by atoms with E-state index >= 15 is 0 Å². The Bertz CT molecular complexity index is 294. The highest BCUT2D eigenvalue weighted by Gasteiger charge is 2.18. The lowest BCUT2D eigenvalue weighted by Crippen LogP contribution is -2.48. The first kappa shape index (κ1) is 9.54. The van der Waals surface area contributed by atoms with E-state index < -0.39 is 0 Å².